The van der Waals surface area contributed by atoms with Gasteiger partial charge < -0.3 is 4.57 Å². The Bertz CT molecular complexity index is 645. The minimum absolute atomic E-state index is 0.291. The van der Waals surface area contributed by atoms with Crippen LogP contribution in [0.25, 0.3) is 11.2 Å². The molecule has 4 heteroatoms. The highest BCUT2D eigenvalue weighted by Gasteiger charge is 2.35. The van der Waals surface area contributed by atoms with Gasteiger partial charge in [-0.2, -0.15) is 0 Å². The molecule has 2 aromatic heterocycles. The largest absolute Gasteiger partial charge is 0.309 e. The van der Waals surface area contributed by atoms with Crippen molar-refractivity contribution in [2.24, 2.45) is 5.41 Å². The minimum Gasteiger partial charge on any atom is -0.309 e. The number of imidazole rings is 1. The van der Waals surface area contributed by atoms with E-state index in [0.717, 1.165) is 29.0 Å². The number of rotatable bonds is 3. The van der Waals surface area contributed by atoms with Crippen molar-refractivity contribution in [3.8, 4) is 0 Å². The average molecular weight is 306 g/mol. The predicted octanol–water partition coefficient (Wildman–Crippen LogP) is 4.66. The lowest BCUT2D eigenvalue weighted by atomic mass is 9.73. The first-order valence-electron chi connectivity index (χ1n) is 7.92. The summed E-state index contributed by atoms with van der Waals surface area (Å²) >= 11 is 6.00. The minimum atomic E-state index is 0.291. The smallest absolute Gasteiger partial charge is 0.160 e. The number of alkyl halides is 1. The highest BCUT2D eigenvalue weighted by molar-refractivity contribution is 6.17. The molecule has 0 radical (unpaired) electrons. The van der Waals surface area contributed by atoms with Crippen LogP contribution in [-0.4, -0.2) is 20.4 Å². The van der Waals surface area contributed by atoms with Gasteiger partial charge in [-0.1, -0.05) is 26.7 Å². The maximum atomic E-state index is 6.00. The second-order valence-corrected chi connectivity index (χ2v) is 7.32. The van der Waals surface area contributed by atoms with Crippen molar-refractivity contribution in [3.63, 3.8) is 0 Å². The van der Waals surface area contributed by atoms with Crippen LogP contribution in [0.3, 0.4) is 0 Å². The molecule has 0 saturated heterocycles. The first-order chi connectivity index (χ1) is 10.0. The second kappa shape index (κ2) is 5.60. The number of halogens is 1. The fourth-order valence-corrected chi connectivity index (χ4v) is 3.84. The van der Waals surface area contributed by atoms with Crippen molar-refractivity contribution in [2.75, 3.05) is 5.88 Å². The van der Waals surface area contributed by atoms with Crippen molar-refractivity contribution in [2.45, 2.75) is 58.9 Å². The average Bonchev–Trinajstić information content (AvgIpc) is 2.76. The predicted molar refractivity (Wildman–Crippen MR) is 88.0 cm³/mol. The van der Waals surface area contributed by atoms with E-state index in [1.807, 2.05) is 6.20 Å². The molecule has 1 aliphatic rings. The van der Waals surface area contributed by atoms with E-state index in [2.05, 4.69) is 36.4 Å². The summed E-state index contributed by atoms with van der Waals surface area (Å²) in [6.45, 7) is 6.82. The molecule has 0 aromatic carbocycles. The first-order valence-corrected chi connectivity index (χ1v) is 8.46. The summed E-state index contributed by atoms with van der Waals surface area (Å²) in [7, 11) is 0. The molecular formula is C17H24ClN3. The summed E-state index contributed by atoms with van der Waals surface area (Å²) in [6, 6.07) is 2.61. The number of aromatic nitrogens is 3. The van der Waals surface area contributed by atoms with Gasteiger partial charge in [0.25, 0.3) is 0 Å². The maximum Gasteiger partial charge on any atom is 0.160 e. The van der Waals surface area contributed by atoms with E-state index in [1.165, 1.54) is 25.7 Å². The molecule has 21 heavy (non-hydrogen) atoms. The van der Waals surface area contributed by atoms with Crippen molar-refractivity contribution < 1.29 is 0 Å². The maximum absolute atomic E-state index is 6.00. The number of fused-ring (bicyclic) bond motifs is 1. The van der Waals surface area contributed by atoms with Crippen molar-refractivity contribution in [3.05, 3.63) is 23.7 Å². The van der Waals surface area contributed by atoms with Crippen LogP contribution in [0.1, 0.15) is 57.0 Å². The van der Waals surface area contributed by atoms with Crippen LogP contribution >= 0.6 is 11.6 Å². The van der Waals surface area contributed by atoms with Crippen LogP contribution in [0.2, 0.25) is 0 Å². The van der Waals surface area contributed by atoms with Crippen LogP contribution in [0.4, 0.5) is 0 Å². The lowest BCUT2D eigenvalue weighted by Gasteiger charge is -2.40. The summed E-state index contributed by atoms with van der Waals surface area (Å²) in [5.74, 6) is 1.70. The Morgan fingerprint density at radius 1 is 1.38 bits per heavy atom. The second-order valence-electron chi connectivity index (χ2n) is 6.94. The number of hydrogen-bond acceptors (Lipinski definition) is 2. The topological polar surface area (TPSA) is 30.7 Å². The Morgan fingerprint density at radius 3 is 2.90 bits per heavy atom. The highest BCUT2D eigenvalue weighted by atomic mass is 35.5. The zero-order valence-corrected chi connectivity index (χ0v) is 14.0. The molecule has 1 saturated carbocycles. The summed E-state index contributed by atoms with van der Waals surface area (Å²) in [5.41, 5.74) is 3.49. The van der Waals surface area contributed by atoms with Crippen molar-refractivity contribution >= 4 is 22.8 Å². The number of nitrogens with zero attached hydrogens (tertiary/aromatic N) is 3. The Hall–Kier alpha value is -1.09. The fourth-order valence-electron chi connectivity index (χ4n) is 3.67. The Labute approximate surface area is 131 Å². The molecule has 0 amide bonds. The van der Waals surface area contributed by atoms with Gasteiger partial charge in [-0.05, 0) is 36.8 Å². The molecule has 3 nitrogen and oxygen atoms in total. The van der Waals surface area contributed by atoms with E-state index in [9.17, 15) is 0 Å². The monoisotopic (exact) mass is 305 g/mol. The zero-order valence-electron chi connectivity index (χ0n) is 13.2. The number of aryl methyl sites for hydroxylation is 2. The van der Waals surface area contributed by atoms with E-state index in [-0.39, 0.29) is 0 Å². The third kappa shape index (κ3) is 2.68. The van der Waals surface area contributed by atoms with Gasteiger partial charge in [0.2, 0.25) is 0 Å². The molecule has 0 aliphatic heterocycles. The molecule has 1 aliphatic carbocycles. The lowest BCUT2D eigenvalue weighted by molar-refractivity contribution is 0.144. The Balaban J connectivity index is 2.16. The van der Waals surface area contributed by atoms with Crippen LogP contribution in [0.15, 0.2) is 12.3 Å². The van der Waals surface area contributed by atoms with E-state index in [4.69, 9.17) is 16.6 Å². The van der Waals surface area contributed by atoms with Crippen molar-refractivity contribution in [1.82, 2.24) is 14.5 Å². The molecular weight excluding hydrogens is 282 g/mol. The summed E-state index contributed by atoms with van der Waals surface area (Å²) in [4.78, 5) is 9.50. The van der Waals surface area contributed by atoms with Gasteiger partial charge >= 0.3 is 0 Å². The summed E-state index contributed by atoms with van der Waals surface area (Å²) < 4.78 is 2.39. The highest BCUT2D eigenvalue weighted by Crippen LogP contribution is 2.45. The molecule has 3 rings (SSSR count). The van der Waals surface area contributed by atoms with Gasteiger partial charge in [0.15, 0.2) is 5.65 Å². The third-order valence-corrected chi connectivity index (χ3v) is 5.01. The lowest BCUT2D eigenvalue weighted by Crippen LogP contribution is -2.31. The van der Waals surface area contributed by atoms with Gasteiger partial charge in [0.1, 0.15) is 11.3 Å². The zero-order chi connectivity index (χ0) is 15.0. The van der Waals surface area contributed by atoms with E-state index in [0.29, 0.717) is 17.3 Å². The molecule has 0 bridgehead atoms. The van der Waals surface area contributed by atoms with Gasteiger partial charge in [-0.15, -0.1) is 11.6 Å². The normalized spacial score (nSPS) is 21.8. The van der Waals surface area contributed by atoms with E-state index < -0.39 is 0 Å². The molecule has 2 aromatic rings. The van der Waals surface area contributed by atoms with Crippen LogP contribution in [-0.2, 0) is 6.42 Å². The van der Waals surface area contributed by atoms with Crippen LogP contribution in [0.5, 0.6) is 0 Å². The van der Waals surface area contributed by atoms with Gasteiger partial charge in [-0.3, -0.25) is 0 Å². The first kappa shape index (κ1) is 14.8. The fraction of sp³-hybridized carbons (Fsp3) is 0.647. The molecule has 1 unspecified atom stereocenters. The summed E-state index contributed by atoms with van der Waals surface area (Å²) in [6.07, 6.45) is 7.85. The molecule has 1 atom stereocenters. The van der Waals surface area contributed by atoms with Gasteiger partial charge in [0.05, 0.1) is 0 Å². The third-order valence-electron chi connectivity index (χ3n) is 4.82. The standard InChI is InChI=1S/C17H24ClN3/c1-12-10-13-16(19-11-12)21(15(20-13)7-9-18)14-6-4-5-8-17(14,2)3/h10-11,14H,4-9H2,1-3H3. The molecule has 114 valence electrons. The SMILES string of the molecule is Cc1cnc2c(c1)nc(CCCl)n2C1CCCCC1(C)C. The van der Waals surface area contributed by atoms with Crippen molar-refractivity contribution in [1.29, 1.82) is 0 Å². The quantitative estimate of drug-likeness (QED) is 0.772. The van der Waals surface area contributed by atoms with E-state index in [1.54, 1.807) is 0 Å². The van der Waals surface area contributed by atoms with Crippen LogP contribution in [0, 0.1) is 12.3 Å². The molecule has 0 N–H and O–H groups in total. The van der Waals surface area contributed by atoms with Crippen LogP contribution < -0.4 is 0 Å². The Kier molecular flexibility index (Phi) is 3.96. The van der Waals surface area contributed by atoms with E-state index >= 15 is 0 Å². The number of hydrogen-bond donors (Lipinski definition) is 0. The Morgan fingerprint density at radius 2 is 2.19 bits per heavy atom. The molecule has 2 heterocycles. The van der Waals surface area contributed by atoms with Gasteiger partial charge in [-0.25, -0.2) is 9.97 Å². The summed E-state index contributed by atoms with van der Waals surface area (Å²) in [5, 5.41) is 0. The molecule has 1 fully saturated rings. The molecule has 0 spiro atoms. The van der Waals surface area contributed by atoms with Gasteiger partial charge in [0, 0.05) is 24.5 Å². The number of pyridine rings is 1.